The van der Waals surface area contributed by atoms with Crippen LogP contribution in [0.4, 0.5) is 0 Å². The highest BCUT2D eigenvalue weighted by atomic mass is 28.4. The second-order valence-corrected chi connectivity index (χ2v) is 16.9. The number of nitrogens with zero attached hydrogens (tertiary/aromatic N) is 1. The molecule has 0 aromatic heterocycles. The van der Waals surface area contributed by atoms with Gasteiger partial charge in [-0.25, -0.2) is 0 Å². The molecule has 2 aromatic carbocycles. The molecule has 2 aliphatic rings. The van der Waals surface area contributed by atoms with Crippen molar-refractivity contribution in [2.24, 2.45) is 11.3 Å². The summed E-state index contributed by atoms with van der Waals surface area (Å²) in [5.41, 5.74) is 3.94. The summed E-state index contributed by atoms with van der Waals surface area (Å²) in [6.45, 7) is 15.2. The first-order valence-corrected chi connectivity index (χ1v) is 16.9. The molecule has 35 heavy (non-hydrogen) atoms. The van der Waals surface area contributed by atoms with E-state index in [1.165, 1.54) is 42.4 Å². The fourth-order valence-electron chi connectivity index (χ4n) is 5.98. The van der Waals surface area contributed by atoms with E-state index in [2.05, 4.69) is 124 Å². The van der Waals surface area contributed by atoms with Gasteiger partial charge in [-0.3, -0.25) is 0 Å². The quantitative estimate of drug-likeness (QED) is 0.363. The lowest BCUT2D eigenvalue weighted by Crippen LogP contribution is -2.53. The molecule has 0 spiro atoms. The van der Waals surface area contributed by atoms with Crippen LogP contribution in [0.1, 0.15) is 64.0 Å². The van der Waals surface area contributed by atoms with Crippen LogP contribution in [0.25, 0.3) is 0 Å². The Morgan fingerprint density at radius 3 is 1.97 bits per heavy atom. The highest BCUT2D eigenvalue weighted by Crippen LogP contribution is 2.45. The Hall–Kier alpha value is -2.10. The summed E-state index contributed by atoms with van der Waals surface area (Å²) < 4.78 is 7.30. The zero-order valence-electron chi connectivity index (χ0n) is 22.8. The lowest BCUT2D eigenvalue weighted by Gasteiger charge is -2.47. The molecule has 1 saturated heterocycles. The number of rotatable bonds is 7. The van der Waals surface area contributed by atoms with Gasteiger partial charge in [-0.1, -0.05) is 93.1 Å². The second kappa shape index (κ2) is 10.5. The molecule has 4 rings (SSSR count). The van der Waals surface area contributed by atoms with Crippen LogP contribution in [0.5, 0.6) is 0 Å². The standard InChI is InChI=1S/C32H45NOSi/c1-31(2,3)27-21-19-26(20-22-27)23-25-33-24-13-18-30(33)32(34-35(4,5)6,28-14-9-7-10-15-28)29-16-11-8-12-17-29/h7-12,14-17,19,23,25,27,30H,13,18,20-22,24H2,1-6H3/b25-23+/t27-,30+/m0/s1. The number of hydrogen-bond acceptors (Lipinski definition) is 2. The summed E-state index contributed by atoms with van der Waals surface area (Å²) in [6, 6.07) is 22.2. The number of benzene rings is 2. The van der Waals surface area contributed by atoms with Gasteiger partial charge in [-0.05, 0) is 86.5 Å². The van der Waals surface area contributed by atoms with Crippen molar-refractivity contribution >= 4 is 8.32 Å². The monoisotopic (exact) mass is 487 g/mol. The third-order valence-corrected chi connectivity index (χ3v) is 8.72. The minimum absolute atomic E-state index is 0.266. The molecule has 0 amide bonds. The number of hydrogen-bond donors (Lipinski definition) is 0. The third-order valence-electron chi connectivity index (χ3n) is 7.79. The van der Waals surface area contributed by atoms with Crippen LogP contribution in [0.15, 0.2) is 84.6 Å². The van der Waals surface area contributed by atoms with E-state index in [1.54, 1.807) is 0 Å². The minimum Gasteiger partial charge on any atom is -0.402 e. The van der Waals surface area contributed by atoms with Crippen LogP contribution in [0, 0.1) is 11.3 Å². The second-order valence-electron chi connectivity index (χ2n) is 12.5. The average Bonchev–Trinajstić information content (AvgIpc) is 3.30. The van der Waals surface area contributed by atoms with Crippen molar-refractivity contribution in [3.63, 3.8) is 0 Å². The van der Waals surface area contributed by atoms with Gasteiger partial charge in [0.15, 0.2) is 8.32 Å². The van der Waals surface area contributed by atoms with Gasteiger partial charge in [0.05, 0.1) is 6.04 Å². The van der Waals surface area contributed by atoms with E-state index in [0.29, 0.717) is 5.41 Å². The van der Waals surface area contributed by atoms with Gasteiger partial charge in [0.2, 0.25) is 0 Å². The molecule has 0 bridgehead atoms. The Labute approximate surface area is 215 Å². The molecule has 2 atom stereocenters. The summed E-state index contributed by atoms with van der Waals surface area (Å²) in [7, 11) is -1.90. The average molecular weight is 488 g/mol. The largest absolute Gasteiger partial charge is 0.402 e. The normalized spacial score (nSPS) is 22.0. The summed E-state index contributed by atoms with van der Waals surface area (Å²) in [5, 5.41) is 0. The first kappa shape index (κ1) is 26.0. The highest BCUT2D eigenvalue weighted by Gasteiger charge is 2.49. The molecular weight excluding hydrogens is 442 g/mol. The Kier molecular flexibility index (Phi) is 7.78. The predicted octanol–water partition coefficient (Wildman–Crippen LogP) is 8.53. The van der Waals surface area contributed by atoms with Crippen molar-refractivity contribution in [1.82, 2.24) is 4.90 Å². The molecule has 2 nitrogen and oxygen atoms in total. The summed E-state index contributed by atoms with van der Waals surface area (Å²) in [5.74, 6) is 0.785. The number of likely N-dealkylation sites (tertiary alicyclic amines) is 1. The van der Waals surface area contributed by atoms with Crippen LogP contribution in [0.2, 0.25) is 19.6 Å². The zero-order valence-corrected chi connectivity index (χ0v) is 23.8. The van der Waals surface area contributed by atoms with E-state index in [4.69, 9.17) is 4.43 Å². The molecule has 3 heteroatoms. The topological polar surface area (TPSA) is 12.5 Å². The molecule has 1 aliphatic carbocycles. The molecule has 0 N–H and O–H groups in total. The Balaban J connectivity index is 1.71. The summed E-state index contributed by atoms with van der Waals surface area (Å²) in [6.07, 6.45) is 13.3. The SMILES string of the molecule is CC(C)(C)[C@H]1CC=C(/C=C/N2CCC[C@@H]2C(O[Si](C)(C)C)(c2ccccc2)c2ccccc2)CC1. The highest BCUT2D eigenvalue weighted by molar-refractivity contribution is 6.69. The van der Waals surface area contributed by atoms with Gasteiger partial charge in [-0.15, -0.1) is 0 Å². The fourth-order valence-corrected chi connectivity index (χ4v) is 7.32. The van der Waals surface area contributed by atoms with E-state index >= 15 is 0 Å². The van der Waals surface area contributed by atoms with E-state index in [9.17, 15) is 0 Å². The van der Waals surface area contributed by atoms with Crippen LogP contribution in [-0.2, 0) is 10.0 Å². The molecular formula is C32H45NOSi. The van der Waals surface area contributed by atoms with Crippen LogP contribution in [-0.4, -0.2) is 25.8 Å². The molecule has 0 saturated carbocycles. The van der Waals surface area contributed by atoms with Crippen molar-refractivity contribution in [2.45, 2.75) is 84.2 Å². The minimum atomic E-state index is -1.90. The maximum Gasteiger partial charge on any atom is 0.185 e. The first-order chi connectivity index (χ1) is 16.6. The lowest BCUT2D eigenvalue weighted by atomic mass is 9.73. The van der Waals surface area contributed by atoms with Gasteiger partial charge < -0.3 is 9.33 Å². The Morgan fingerprint density at radius 1 is 0.886 bits per heavy atom. The maximum atomic E-state index is 7.30. The van der Waals surface area contributed by atoms with E-state index in [-0.39, 0.29) is 6.04 Å². The van der Waals surface area contributed by atoms with Crippen molar-refractivity contribution in [2.75, 3.05) is 6.54 Å². The van der Waals surface area contributed by atoms with Crippen molar-refractivity contribution in [1.29, 1.82) is 0 Å². The van der Waals surface area contributed by atoms with Crippen LogP contribution in [0.3, 0.4) is 0 Å². The van der Waals surface area contributed by atoms with Crippen molar-refractivity contribution < 1.29 is 4.43 Å². The molecule has 2 aromatic rings. The van der Waals surface area contributed by atoms with Gasteiger partial charge in [0.1, 0.15) is 5.60 Å². The smallest absolute Gasteiger partial charge is 0.185 e. The Bertz CT molecular complexity index is 974. The van der Waals surface area contributed by atoms with Gasteiger partial charge in [0.25, 0.3) is 0 Å². The molecule has 1 heterocycles. The molecule has 188 valence electrons. The number of allylic oxidation sites excluding steroid dienone is 3. The third kappa shape index (κ3) is 6.01. The van der Waals surface area contributed by atoms with Gasteiger partial charge in [0, 0.05) is 6.54 Å². The zero-order chi connectivity index (χ0) is 25.1. The molecule has 1 aliphatic heterocycles. The lowest BCUT2D eigenvalue weighted by molar-refractivity contribution is 0.0284. The Morgan fingerprint density at radius 2 is 1.49 bits per heavy atom. The molecule has 0 unspecified atom stereocenters. The molecule has 0 radical (unpaired) electrons. The van der Waals surface area contributed by atoms with Crippen LogP contribution >= 0.6 is 0 Å². The fraction of sp³-hybridized carbons (Fsp3) is 0.500. The van der Waals surface area contributed by atoms with E-state index in [0.717, 1.165) is 18.9 Å². The van der Waals surface area contributed by atoms with Gasteiger partial charge in [-0.2, -0.15) is 0 Å². The van der Waals surface area contributed by atoms with Crippen molar-refractivity contribution in [3.05, 3.63) is 95.7 Å². The first-order valence-electron chi connectivity index (χ1n) is 13.5. The summed E-state index contributed by atoms with van der Waals surface area (Å²) in [4.78, 5) is 2.58. The van der Waals surface area contributed by atoms with Gasteiger partial charge >= 0.3 is 0 Å². The maximum absolute atomic E-state index is 7.30. The van der Waals surface area contributed by atoms with Crippen LogP contribution < -0.4 is 0 Å². The van der Waals surface area contributed by atoms with E-state index < -0.39 is 13.9 Å². The molecule has 1 fully saturated rings. The van der Waals surface area contributed by atoms with E-state index in [1.807, 2.05) is 0 Å². The predicted molar refractivity (Wildman–Crippen MR) is 152 cm³/mol. The summed E-state index contributed by atoms with van der Waals surface area (Å²) >= 11 is 0. The van der Waals surface area contributed by atoms with Crippen molar-refractivity contribution in [3.8, 4) is 0 Å².